The summed E-state index contributed by atoms with van der Waals surface area (Å²) in [6.45, 7) is 0. The summed E-state index contributed by atoms with van der Waals surface area (Å²) in [5.41, 5.74) is 0.717. The van der Waals surface area contributed by atoms with Gasteiger partial charge in [-0.05, 0) is 24.0 Å². The molecule has 0 saturated carbocycles. The van der Waals surface area contributed by atoms with Crippen LogP contribution in [0.1, 0.15) is 34.6 Å². The van der Waals surface area contributed by atoms with Crippen molar-refractivity contribution in [2.45, 2.75) is 24.4 Å². The lowest BCUT2D eigenvalue weighted by molar-refractivity contribution is -0.145. The van der Waals surface area contributed by atoms with E-state index in [1.165, 1.54) is 0 Å². The van der Waals surface area contributed by atoms with Crippen molar-refractivity contribution in [1.82, 2.24) is 15.3 Å². The van der Waals surface area contributed by atoms with Crippen molar-refractivity contribution in [3.63, 3.8) is 0 Å². The van der Waals surface area contributed by atoms with Gasteiger partial charge in [-0.3, -0.25) is 4.79 Å². The third-order valence-electron chi connectivity index (χ3n) is 4.76. The molecule has 8 heteroatoms. The number of carbonyl (C=O) groups excluding carboxylic acids is 1. The lowest BCUT2D eigenvalue weighted by Crippen LogP contribution is -2.43. The Kier molecular flexibility index (Phi) is 3.22. The summed E-state index contributed by atoms with van der Waals surface area (Å²) in [4.78, 5) is 24.2. The first-order chi connectivity index (χ1) is 11.9. The molecule has 4 rings (SSSR count). The van der Waals surface area contributed by atoms with Crippen molar-refractivity contribution < 1.29 is 18.0 Å². The minimum Gasteiger partial charge on any atom is -0.372 e. The van der Waals surface area contributed by atoms with Gasteiger partial charge < -0.3 is 5.32 Å². The van der Waals surface area contributed by atoms with Crippen molar-refractivity contribution in [3.8, 4) is 0 Å². The maximum Gasteiger partial charge on any atom is 0.451 e. The highest BCUT2D eigenvalue weighted by atomic mass is 19.4. The summed E-state index contributed by atoms with van der Waals surface area (Å²) in [5.74, 6) is -1.56. The number of alkyl halides is 3. The SMILES string of the molecule is CNC1=NC(=O)[C@]2(CCc3ccccc32)c2nc(C(F)(F)F)ncc21. The first-order valence-electron chi connectivity index (χ1n) is 7.72. The van der Waals surface area contributed by atoms with Gasteiger partial charge in [-0.25, -0.2) is 9.97 Å². The number of aryl methyl sites for hydroxylation is 1. The van der Waals surface area contributed by atoms with Crippen molar-refractivity contribution in [1.29, 1.82) is 0 Å². The predicted molar refractivity (Wildman–Crippen MR) is 83.2 cm³/mol. The molecule has 0 radical (unpaired) electrons. The number of amides is 1. The van der Waals surface area contributed by atoms with Crippen molar-refractivity contribution >= 4 is 11.7 Å². The Morgan fingerprint density at radius 1 is 1.24 bits per heavy atom. The number of carbonyl (C=O) groups is 1. The number of benzene rings is 1. The summed E-state index contributed by atoms with van der Waals surface area (Å²) in [5, 5.41) is 2.75. The van der Waals surface area contributed by atoms with Crippen LogP contribution in [0.5, 0.6) is 0 Å². The number of hydrogen-bond acceptors (Lipinski definition) is 4. The highest BCUT2D eigenvalue weighted by Crippen LogP contribution is 2.47. The van der Waals surface area contributed by atoms with E-state index in [0.717, 1.165) is 11.8 Å². The normalized spacial score (nSPS) is 21.8. The molecule has 25 heavy (non-hydrogen) atoms. The van der Waals surface area contributed by atoms with Crippen LogP contribution in [0.15, 0.2) is 35.5 Å². The largest absolute Gasteiger partial charge is 0.451 e. The van der Waals surface area contributed by atoms with E-state index >= 15 is 0 Å². The van der Waals surface area contributed by atoms with Crippen LogP contribution in [0.25, 0.3) is 0 Å². The molecule has 2 aliphatic rings. The van der Waals surface area contributed by atoms with Gasteiger partial charge in [0.05, 0.1) is 11.3 Å². The second-order valence-electron chi connectivity index (χ2n) is 6.03. The summed E-state index contributed by atoms with van der Waals surface area (Å²) >= 11 is 0. The fourth-order valence-electron chi connectivity index (χ4n) is 3.65. The second kappa shape index (κ2) is 5.11. The van der Waals surface area contributed by atoms with Crippen LogP contribution >= 0.6 is 0 Å². The Bertz CT molecular complexity index is 922. The van der Waals surface area contributed by atoms with Crippen molar-refractivity contribution in [2.24, 2.45) is 4.99 Å². The van der Waals surface area contributed by atoms with Gasteiger partial charge in [0.2, 0.25) is 5.82 Å². The Morgan fingerprint density at radius 2 is 2.00 bits per heavy atom. The molecule has 0 unspecified atom stereocenters. The minimum absolute atomic E-state index is 0.0733. The van der Waals surface area contributed by atoms with Crippen LogP contribution in [-0.2, 0) is 22.8 Å². The number of nitrogens with zero attached hydrogens (tertiary/aromatic N) is 3. The van der Waals surface area contributed by atoms with Gasteiger partial charge in [0.25, 0.3) is 5.91 Å². The van der Waals surface area contributed by atoms with Gasteiger partial charge in [0, 0.05) is 13.2 Å². The highest BCUT2D eigenvalue weighted by molar-refractivity contribution is 6.13. The zero-order chi connectivity index (χ0) is 17.8. The predicted octanol–water partition coefficient (Wildman–Crippen LogP) is 2.23. The van der Waals surface area contributed by atoms with Crippen LogP contribution < -0.4 is 5.32 Å². The molecule has 0 bridgehead atoms. The molecule has 5 nitrogen and oxygen atoms in total. The summed E-state index contributed by atoms with van der Waals surface area (Å²) in [6.07, 6.45) is -2.68. The summed E-state index contributed by atoms with van der Waals surface area (Å²) in [7, 11) is 1.55. The molecule has 1 spiro atoms. The van der Waals surface area contributed by atoms with Crippen molar-refractivity contribution in [2.75, 3.05) is 7.05 Å². The fourth-order valence-corrected chi connectivity index (χ4v) is 3.65. The first kappa shape index (κ1) is 15.7. The van der Waals surface area contributed by atoms with Crippen LogP contribution in [-0.4, -0.2) is 28.8 Å². The van der Waals surface area contributed by atoms with Gasteiger partial charge >= 0.3 is 6.18 Å². The molecule has 1 aliphatic carbocycles. The zero-order valence-electron chi connectivity index (χ0n) is 13.2. The topological polar surface area (TPSA) is 67.2 Å². The number of amidine groups is 1. The monoisotopic (exact) mass is 346 g/mol. The molecule has 128 valence electrons. The minimum atomic E-state index is -4.69. The number of aromatic nitrogens is 2. The molecule has 1 aromatic carbocycles. The van der Waals surface area contributed by atoms with Gasteiger partial charge in [-0.1, -0.05) is 24.3 Å². The van der Waals surface area contributed by atoms with E-state index in [9.17, 15) is 18.0 Å². The Balaban J connectivity index is 2.04. The van der Waals surface area contributed by atoms with Gasteiger partial charge in [0.15, 0.2) is 0 Å². The second-order valence-corrected chi connectivity index (χ2v) is 6.03. The van der Waals surface area contributed by atoms with Crippen LogP contribution in [0.3, 0.4) is 0 Å². The molecular weight excluding hydrogens is 333 g/mol. The van der Waals surface area contributed by atoms with E-state index in [0.29, 0.717) is 24.0 Å². The van der Waals surface area contributed by atoms with E-state index in [-0.39, 0.29) is 11.5 Å². The van der Waals surface area contributed by atoms with Gasteiger partial charge in [0.1, 0.15) is 11.3 Å². The molecule has 1 amide bonds. The molecule has 2 aromatic rings. The molecular formula is C17H13F3N4O. The van der Waals surface area contributed by atoms with Crippen molar-refractivity contribution in [3.05, 3.63) is 58.7 Å². The average molecular weight is 346 g/mol. The van der Waals surface area contributed by atoms with E-state index in [1.807, 2.05) is 12.1 Å². The maximum absolute atomic E-state index is 13.1. The van der Waals surface area contributed by atoms with Crippen LogP contribution in [0.4, 0.5) is 13.2 Å². The van der Waals surface area contributed by atoms with Crippen LogP contribution in [0.2, 0.25) is 0 Å². The number of rotatable bonds is 0. The summed E-state index contributed by atoms with van der Waals surface area (Å²) < 4.78 is 39.4. The van der Waals surface area contributed by atoms with Gasteiger partial charge in [-0.2, -0.15) is 18.2 Å². The highest BCUT2D eigenvalue weighted by Gasteiger charge is 2.52. The molecule has 1 atom stereocenters. The van der Waals surface area contributed by atoms with E-state index in [4.69, 9.17) is 0 Å². The quantitative estimate of drug-likeness (QED) is 0.794. The summed E-state index contributed by atoms with van der Waals surface area (Å²) in [6, 6.07) is 7.25. The molecule has 1 N–H and O–H groups in total. The fraction of sp³-hybridized carbons (Fsp3) is 0.294. The van der Waals surface area contributed by atoms with E-state index in [1.54, 1.807) is 19.2 Å². The molecule has 1 aliphatic heterocycles. The lowest BCUT2D eigenvalue weighted by Gasteiger charge is -2.32. The first-order valence-corrected chi connectivity index (χ1v) is 7.72. The Labute approximate surface area is 141 Å². The van der Waals surface area contributed by atoms with E-state index < -0.39 is 23.3 Å². The Morgan fingerprint density at radius 3 is 2.72 bits per heavy atom. The number of aliphatic imine (C=N–C) groups is 1. The smallest absolute Gasteiger partial charge is 0.372 e. The zero-order valence-corrected chi connectivity index (χ0v) is 13.2. The lowest BCUT2D eigenvalue weighted by atomic mass is 9.74. The third kappa shape index (κ3) is 2.09. The van der Waals surface area contributed by atoms with Gasteiger partial charge in [-0.15, -0.1) is 0 Å². The standard InChI is InChI=1S/C17H13F3N4O/c1-21-13-10-8-22-14(17(18,19)20)23-12(10)16(15(25)24-13)7-6-9-4-2-3-5-11(9)16/h2-5,8H,6-7H2,1H3,(H,21,24,25)/t16-/m0/s1. The maximum atomic E-state index is 13.1. The molecule has 2 heterocycles. The van der Waals surface area contributed by atoms with E-state index in [2.05, 4.69) is 20.3 Å². The average Bonchev–Trinajstić information content (AvgIpc) is 2.98. The van der Waals surface area contributed by atoms with Crippen LogP contribution in [0, 0.1) is 0 Å². The number of nitrogens with one attached hydrogen (secondary N) is 1. The molecule has 1 aromatic heterocycles. The Hall–Kier alpha value is -2.77. The third-order valence-corrected chi connectivity index (χ3v) is 4.76. The molecule has 0 fully saturated rings. The molecule has 0 saturated heterocycles. The number of hydrogen-bond donors (Lipinski definition) is 1. The number of fused-ring (bicyclic) bond motifs is 4. The number of halogens is 3.